The number of rotatable bonds is 4. The first-order chi connectivity index (χ1) is 8.70. The van der Waals surface area contributed by atoms with Crippen LogP contribution >= 0.6 is 11.6 Å². The highest BCUT2D eigenvalue weighted by Gasteiger charge is 2.27. The van der Waals surface area contributed by atoms with E-state index in [2.05, 4.69) is 10.3 Å². The lowest BCUT2D eigenvalue weighted by Gasteiger charge is -2.16. The predicted octanol–water partition coefficient (Wildman–Crippen LogP) is 2.03. The lowest BCUT2D eigenvalue weighted by Crippen LogP contribution is -2.32. The Hall–Kier alpha value is -1.75. The van der Waals surface area contributed by atoms with Crippen molar-refractivity contribution in [2.75, 3.05) is 12.5 Å². The Morgan fingerprint density at radius 2 is 2.28 bits per heavy atom. The second-order valence-corrected chi connectivity index (χ2v) is 4.19. The van der Waals surface area contributed by atoms with Crippen molar-refractivity contribution in [3.63, 3.8) is 0 Å². The van der Waals surface area contributed by atoms with Gasteiger partial charge in [0.2, 0.25) is 5.90 Å². The number of halogens is 1. The molecule has 1 aliphatic rings. The molecule has 2 unspecified atom stereocenters. The third kappa shape index (κ3) is 2.92. The molecule has 96 valence electrons. The van der Waals surface area contributed by atoms with Gasteiger partial charge in [-0.3, -0.25) is 0 Å². The molecule has 0 aromatic heterocycles. The highest BCUT2D eigenvalue weighted by Crippen LogP contribution is 2.20. The van der Waals surface area contributed by atoms with E-state index in [-0.39, 0.29) is 6.04 Å². The number of hydrogen-bond acceptors (Lipinski definition) is 3. The van der Waals surface area contributed by atoms with Crippen LogP contribution in [0.4, 0.5) is 4.79 Å². The summed E-state index contributed by atoms with van der Waals surface area (Å²) >= 11 is 5.71. The average molecular weight is 269 g/mol. The molecule has 2 N–H and O–H groups in total. The quantitative estimate of drug-likeness (QED) is 0.821. The Morgan fingerprint density at radius 1 is 1.56 bits per heavy atom. The molecule has 2 rings (SSSR count). The van der Waals surface area contributed by atoms with E-state index >= 15 is 0 Å². The van der Waals surface area contributed by atoms with Gasteiger partial charge in [-0.25, -0.2) is 9.79 Å². The molecule has 0 saturated carbocycles. The monoisotopic (exact) mass is 268 g/mol. The summed E-state index contributed by atoms with van der Waals surface area (Å²) in [4.78, 5) is 15.1. The van der Waals surface area contributed by atoms with Crippen LogP contribution in [0.25, 0.3) is 0 Å². The summed E-state index contributed by atoms with van der Waals surface area (Å²) in [6, 6.07) is 8.47. The van der Waals surface area contributed by atoms with Gasteiger partial charge in [0.1, 0.15) is 18.7 Å². The zero-order chi connectivity index (χ0) is 13.0. The third-order valence-corrected chi connectivity index (χ3v) is 2.92. The maximum absolute atomic E-state index is 10.8. The van der Waals surface area contributed by atoms with Gasteiger partial charge in [0.05, 0.1) is 0 Å². The smallest absolute Gasteiger partial charge is 0.405 e. The normalized spacial score (nSPS) is 19.8. The van der Waals surface area contributed by atoms with Crippen molar-refractivity contribution in [1.82, 2.24) is 5.32 Å². The Kier molecular flexibility index (Phi) is 4.04. The Balaban J connectivity index is 2.24. The van der Waals surface area contributed by atoms with E-state index in [0.29, 0.717) is 18.4 Å². The first-order valence-corrected chi connectivity index (χ1v) is 6.05. The molecule has 0 saturated heterocycles. The summed E-state index contributed by atoms with van der Waals surface area (Å²) in [6.45, 7) is 0.392. The summed E-state index contributed by atoms with van der Waals surface area (Å²) in [7, 11) is 0. The summed E-state index contributed by atoms with van der Waals surface area (Å²) in [5.74, 6) is 0.729. The van der Waals surface area contributed by atoms with Crippen molar-refractivity contribution in [2.45, 2.75) is 12.1 Å². The van der Waals surface area contributed by atoms with Crippen LogP contribution in [0.5, 0.6) is 0 Å². The van der Waals surface area contributed by atoms with E-state index in [9.17, 15) is 4.79 Å². The minimum atomic E-state index is -1.12. The summed E-state index contributed by atoms with van der Waals surface area (Å²) in [5, 5.41) is 11.3. The number of alkyl halides is 1. The SMILES string of the molecule is O=C(O)NC(C1=NC(CCl)CO1)c1ccccc1. The van der Waals surface area contributed by atoms with Gasteiger partial charge >= 0.3 is 6.09 Å². The molecule has 0 radical (unpaired) electrons. The molecule has 5 nitrogen and oxygen atoms in total. The number of nitrogens with zero attached hydrogens (tertiary/aromatic N) is 1. The van der Waals surface area contributed by atoms with E-state index in [1.807, 2.05) is 30.3 Å². The minimum absolute atomic E-state index is 0.108. The van der Waals surface area contributed by atoms with Crippen LogP contribution in [-0.4, -0.2) is 35.6 Å². The molecule has 1 aromatic carbocycles. The number of ether oxygens (including phenoxy) is 1. The van der Waals surface area contributed by atoms with Crippen molar-refractivity contribution in [3.05, 3.63) is 35.9 Å². The molecule has 0 fully saturated rings. The van der Waals surface area contributed by atoms with Gasteiger partial charge in [-0.15, -0.1) is 11.6 Å². The highest BCUT2D eigenvalue weighted by atomic mass is 35.5. The van der Waals surface area contributed by atoms with E-state index in [0.717, 1.165) is 5.56 Å². The van der Waals surface area contributed by atoms with Crippen LogP contribution in [-0.2, 0) is 4.74 Å². The summed E-state index contributed by atoms with van der Waals surface area (Å²) < 4.78 is 5.41. The fourth-order valence-electron chi connectivity index (χ4n) is 1.73. The van der Waals surface area contributed by atoms with Crippen LogP contribution in [0, 0.1) is 0 Å². The van der Waals surface area contributed by atoms with E-state index in [1.165, 1.54) is 0 Å². The standard InChI is InChI=1S/C12H13ClN2O3/c13-6-9-7-18-11(14-9)10(15-12(16)17)8-4-2-1-3-5-8/h1-5,9-10,15H,6-7H2,(H,16,17). The van der Waals surface area contributed by atoms with Gasteiger partial charge in [0.25, 0.3) is 0 Å². The van der Waals surface area contributed by atoms with Gasteiger partial charge in [0, 0.05) is 5.88 Å². The molecule has 1 amide bonds. The molecule has 0 aliphatic carbocycles. The van der Waals surface area contributed by atoms with Crippen molar-refractivity contribution in [3.8, 4) is 0 Å². The number of aliphatic imine (C=N–C) groups is 1. The number of hydrogen-bond donors (Lipinski definition) is 2. The maximum Gasteiger partial charge on any atom is 0.405 e. The maximum atomic E-state index is 10.8. The van der Waals surface area contributed by atoms with E-state index in [4.69, 9.17) is 21.4 Å². The minimum Gasteiger partial charge on any atom is -0.477 e. The molecule has 18 heavy (non-hydrogen) atoms. The Labute approximate surface area is 109 Å². The van der Waals surface area contributed by atoms with Gasteiger partial charge in [-0.2, -0.15) is 0 Å². The van der Waals surface area contributed by atoms with Gasteiger partial charge in [-0.05, 0) is 5.56 Å². The second-order valence-electron chi connectivity index (χ2n) is 3.88. The molecule has 6 heteroatoms. The van der Waals surface area contributed by atoms with Crippen molar-refractivity contribution < 1.29 is 14.6 Å². The zero-order valence-electron chi connectivity index (χ0n) is 9.54. The number of carbonyl (C=O) groups is 1. The van der Waals surface area contributed by atoms with Crippen LogP contribution in [0.3, 0.4) is 0 Å². The summed E-state index contributed by atoms with van der Waals surface area (Å²) in [6.07, 6.45) is -1.12. The lowest BCUT2D eigenvalue weighted by atomic mass is 10.1. The fourth-order valence-corrected chi connectivity index (χ4v) is 1.89. The van der Waals surface area contributed by atoms with Crippen LogP contribution in [0.2, 0.25) is 0 Å². The molecular weight excluding hydrogens is 256 g/mol. The second kappa shape index (κ2) is 5.73. The van der Waals surface area contributed by atoms with Crippen molar-refractivity contribution in [2.24, 2.45) is 4.99 Å². The predicted molar refractivity (Wildman–Crippen MR) is 68.2 cm³/mol. The molecule has 1 aromatic rings. The first-order valence-electron chi connectivity index (χ1n) is 5.51. The fraction of sp³-hybridized carbons (Fsp3) is 0.333. The van der Waals surface area contributed by atoms with Crippen LogP contribution in [0.1, 0.15) is 11.6 Å². The third-order valence-electron chi connectivity index (χ3n) is 2.56. The highest BCUT2D eigenvalue weighted by molar-refractivity contribution is 6.18. The number of benzene rings is 1. The lowest BCUT2D eigenvalue weighted by molar-refractivity contribution is 0.191. The molecule has 0 bridgehead atoms. The average Bonchev–Trinajstić information content (AvgIpc) is 2.85. The van der Waals surface area contributed by atoms with Crippen molar-refractivity contribution >= 4 is 23.6 Å². The number of carboxylic acid groups (broad SMARTS) is 1. The van der Waals surface area contributed by atoms with Gasteiger partial charge in [0.15, 0.2) is 0 Å². The molecule has 1 heterocycles. The largest absolute Gasteiger partial charge is 0.477 e. The number of nitrogens with one attached hydrogen (secondary N) is 1. The summed E-state index contributed by atoms with van der Waals surface area (Å²) in [5.41, 5.74) is 0.786. The Bertz CT molecular complexity index is 450. The number of amides is 1. The first kappa shape index (κ1) is 12.7. The van der Waals surface area contributed by atoms with Gasteiger partial charge < -0.3 is 15.2 Å². The molecule has 2 atom stereocenters. The van der Waals surface area contributed by atoms with Crippen LogP contribution in [0.15, 0.2) is 35.3 Å². The van der Waals surface area contributed by atoms with Gasteiger partial charge in [-0.1, -0.05) is 30.3 Å². The zero-order valence-corrected chi connectivity index (χ0v) is 10.3. The molecule has 0 spiro atoms. The van der Waals surface area contributed by atoms with Crippen LogP contribution < -0.4 is 5.32 Å². The Morgan fingerprint density at radius 3 is 2.83 bits per heavy atom. The topological polar surface area (TPSA) is 70.9 Å². The van der Waals surface area contributed by atoms with E-state index in [1.54, 1.807) is 0 Å². The van der Waals surface area contributed by atoms with E-state index < -0.39 is 12.1 Å². The van der Waals surface area contributed by atoms with Crippen molar-refractivity contribution in [1.29, 1.82) is 0 Å². The molecular formula is C12H13ClN2O3. The molecule has 1 aliphatic heterocycles.